The lowest BCUT2D eigenvalue weighted by molar-refractivity contribution is -0.140. The van der Waals surface area contributed by atoms with E-state index in [1.165, 1.54) is 37.3 Å². The molecule has 0 aliphatic heterocycles. The summed E-state index contributed by atoms with van der Waals surface area (Å²) in [4.78, 5) is 28.9. The van der Waals surface area contributed by atoms with Crippen LogP contribution < -0.4 is 19.1 Å². The van der Waals surface area contributed by atoms with Crippen LogP contribution in [0.4, 0.5) is 5.69 Å². The molecule has 1 atom stereocenters. The lowest BCUT2D eigenvalue weighted by Crippen LogP contribution is -2.54. The van der Waals surface area contributed by atoms with Crippen molar-refractivity contribution in [2.24, 2.45) is 0 Å². The molecule has 0 fully saturated rings. The average Bonchev–Trinajstić information content (AvgIpc) is 2.93. The van der Waals surface area contributed by atoms with Crippen LogP contribution >= 0.6 is 0 Å². The summed E-state index contributed by atoms with van der Waals surface area (Å²) in [5, 5.41) is 2.93. The van der Waals surface area contributed by atoms with Crippen molar-refractivity contribution < 1.29 is 27.5 Å². The predicted octanol–water partition coefficient (Wildman–Crippen LogP) is 4.85. The van der Waals surface area contributed by atoms with Crippen LogP contribution in [0.15, 0.2) is 71.6 Å². The van der Waals surface area contributed by atoms with Gasteiger partial charge in [0.05, 0.1) is 24.8 Å². The number of hydrogen-bond donors (Lipinski definition) is 1. The van der Waals surface area contributed by atoms with E-state index in [1.54, 1.807) is 31.2 Å². The molecule has 226 valence electrons. The van der Waals surface area contributed by atoms with Crippen molar-refractivity contribution in [3.05, 3.63) is 83.4 Å². The van der Waals surface area contributed by atoms with Gasteiger partial charge in [0.1, 0.15) is 12.6 Å². The highest BCUT2D eigenvalue weighted by Crippen LogP contribution is 2.34. The monoisotopic (exact) mass is 595 g/mol. The smallest absolute Gasteiger partial charge is 0.264 e. The molecule has 0 aromatic heterocycles. The third-order valence-corrected chi connectivity index (χ3v) is 8.60. The third-order valence-electron chi connectivity index (χ3n) is 6.81. The molecule has 0 bridgehead atoms. The molecule has 0 aliphatic carbocycles. The van der Waals surface area contributed by atoms with Gasteiger partial charge in [-0.05, 0) is 76.9 Å². The number of rotatable bonds is 11. The number of nitrogens with one attached hydrogen (secondary N) is 1. The number of nitrogens with zero attached hydrogens (tertiary/aromatic N) is 2. The molecule has 0 saturated heterocycles. The number of sulfonamides is 1. The molecule has 0 unspecified atom stereocenters. The van der Waals surface area contributed by atoms with E-state index in [4.69, 9.17) is 9.47 Å². The van der Waals surface area contributed by atoms with Crippen molar-refractivity contribution in [2.75, 3.05) is 25.1 Å². The van der Waals surface area contributed by atoms with E-state index >= 15 is 0 Å². The molecule has 0 saturated carbocycles. The van der Waals surface area contributed by atoms with Crippen molar-refractivity contribution in [1.82, 2.24) is 10.2 Å². The largest absolute Gasteiger partial charge is 0.493 e. The van der Waals surface area contributed by atoms with Gasteiger partial charge in [-0.25, -0.2) is 8.42 Å². The highest BCUT2D eigenvalue weighted by molar-refractivity contribution is 7.92. The molecular weight excluding hydrogens is 554 g/mol. The van der Waals surface area contributed by atoms with Gasteiger partial charge in [0.2, 0.25) is 11.8 Å². The summed E-state index contributed by atoms with van der Waals surface area (Å²) < 4.78 is 39.9. The third kappa shape index (κ3) is 7.82. The van der Waals surface area contributed by atoms with Gasteiger partial charge in [0.25, 0.3) is 10.0 Å². The molecule has 10 heteroatoms. The number of ether oxygens (including phenoxy) is 2. The minimum Gasteiger partial charge on any atom is -0.493 e. The van der Waals surface area contributed by atoms with Gasteiger partial charge in [0, 0.05) is 18.2 Å². The van der Waals surface area contributed by atoms with Crippen LogP contribution in [0.5, 0.6) is 11.5 Å². The topological polar surface area (TPSA) is 105 Å². The summed E-state index contributed by atoms with van der Waals surface area (Å²) in [6.45, 7) is 10.6. The molecule has 9 nitrogen and oxygen atoms in total. The van der Waals surface area contributed by atoms with Crippen LogP contribution in [0, 0.1) is 13.8 Å². The van der Waals surface area contributed by atoms with E-state index in [0.29, 0.717) is 11.5 Å². The molecule has 0 radical (unpaired) electrons. The van der Waals surface area contributed by atoms with E-state index in [0.717, 1.165) is 21.0 Å². The Morgan fingerprint density at radius 1 is 0.905 bits per heavy atom. The Kier molecular flexibility index (Phi) is 10.3. The van der Waals surface area contributed by atoms with Gasteiger partial charge in [-0.1, -0.05) is 42.0 Å². The lowest BCUT2D eigenvalue weighted by Gasteiger charge is -2.34. The summed E-state index contributed by atoms with van der Waals surface area (Å²) in [5.41, 5.74) is 2.38. The predicted molar refractivity (Wildman–Crippen MR) is 164 cm³/mol. The van der Waals surface area contributed by atoms with Crippen molar-refractivity contribution in [1.29, 1.82) is 0 Å². The first-order valence-corrected chi connectivity index (χ1v) is 15.1. The molecule has 0 aliphatic rings. The Morgan fingerprint density at radius 3 is 2.10 bits per heavy atom. The fourth-order valence-electron chi connectivity index (χ4n) is 4.37. The Hall–Kier alpha value is -4.05. The van der Waals surface area contributed by atoms with E-state index in [1.807, 2.05) is 58.9 Å². The van der Waals surface area contributed by atoms with Crippen LogP contribution in [0.1, 0.15) is 44.4 Å². The second kappa shape index (κ2) is 13.3. The maximum Gasteiger partial charge on any atom is 0.264 e. The minimum atomic E-state index is -4.21. The summed E-state index contributed by atoms with van der Waals surface area (Å²) >= 11 is 0. The zero-order valence-electron chi connectivity index (χ0n) is 25.6. The summed E-state index contributed by atoms with van der Waals surface area (Å²) in [5.74, 6) is -0.168. The van der Waals surface area contributed by atoms with Crippen LogP contribution in [0.25, 0.3) is 0 Å². The van der Waals surface area contributed by atoms with Gasteiger partial charge in [-0.15, -0.1) is 0 Å². The number of carbonyl (C=O) groups excluding carboxylic acids is 2. The minimum absolute atomic E-state index is 0.0275. The van der Waals surface area contributed by atoms with E-state index in [-0.39, 0.29) is 23.0 Å². The van der Waals surface area contributed by atoms with Crippen LogP contribution in [0.2, 0.25) is 0 Å². The number of hydrogen-bond acceptors (Lipinski definition) is 6. The van der Waals surface area contributed by atoms with Gasteiger partial charge < -0.3 is 19.7 Å². The van der Waals surface area contributed by atoms with Crippen molar-refractivity contribution >= 4 is 27.5 Å². The summed E-state index contributed by atoms with van der Waals surface area (Å²) in [6, 6.07) is 17.8. The molecule has 3 rings (SSSR count). The van der Waals surface area contributed by atoms with Gasteiger partial charge in [-0.2, -0.15) is 0 Å². The Balaban J connectivity index is 2.11. The molecule has 3 aromatic carbocycles. The first kappa shape index (κ1) is 32.5. The first-order valence-electron chi connectivity index (χ1n) is 13.7. The fraction of sp³-hybridized carbons (Fsp3) is 0.375. The first-order chi connectivity index (χ1) is 19.7. The second-order valence-electron chi connectivity index (χ2n) is 11.2. The molecule has 0 heterocycles. The maximum absolute atomic E-state index is 14.1. The SMILES string of the molecule is COc1ccc(N(CC(=O)N(Cc2ccccc2C)[C@H](C)C(=O)NC(C)(C)C)S(=O)(=O)c2ccc(C)cc2)cc1OC. The quantitative estimate of drug-likeness (QED) is 0.340. The van der Waals surface area contributed by atoms with Crippen molar-refractivity contribution in [3.8, 4) is 11.5 Å². The van der Waals surface area contributed by atoms with E-state index in [2.05, 4.69) is 5.32 Å². The summed E-state index contributed by atoms with van der Waals surface area (Å²) in [6.07, 6.45) is 0. The second-order valence-corrected chi connectivity index (χ2v) is 13.1. The highest BCUT2D eigenvalue weighted by atomic mass is 32.2. The Bertz CT molecular complexity index is 1510. The van der Waals surface area contributed by atoms with Crippen LogP contribution in [0.3, 0.4) is 0 Å². The molecule has 0 spiro atoms. The van der Waals surface area contributed by atoms with Gasteiger partial charge in [-0.3, -0.25) is 13.9 Å². The zero-order valence-corrected chi connectivity index (χ0v) is 26.4. The van der Waals surface area contributed by atoms with E-state index in [9.17, 15) is 18.0 Å². The normalized spacial score (nSPS) is 12.3. The molecule has 1 N–H and O–H groups in total. The molecule has 3 aromatic rings. The Morgan fingerprint density at radius 2 is 1.52 bits per heavy atom. The number of amides is 2. The number of methoxy groups -OCH3 is 2. The number of benzene rings is 3. The van der Waals surface area contributed by atoms with Crippen molar-refractivity contribution in [3.63, 3.8) is 0 Å². The van der Waals surface area contributed by atoms with Gasteiger partial charge >= 0.3 is 0 Å². The number of aryl methyl sites for hydroxylation is 2. The molecular formula is C32H41N3O6S. The van der Waals surface area contributed by atoms with Crippen LogP contribution in [-0.4, -0.2) is 57.5 Å². The molecule has 42 heavy (non-hydrogen) atoms. The van der Waals surface area contributed by atoms with Crippen molar-refractivity contribution in [2.45, 2.75) is 64.6 Å². The number of carbonyl (C=O) groups is 2. The number of anilines is 1. The Labute approximate surface area is 249 Å². The highest BCUT2D eigenvalue weighted by Gasteiger charge is 2.34. The molecule has 2 amide bonds. The van der Waals surface area contributed by atoms with Gasteiger partial charge in [0.15, 0.2) is 11.5 Å². The van der Waals surface area contributed by atoms with Crippen LogP contribution in [-0.2, 0) is 26.2 Å². The lowest BCUT2D eigenvalue weighted by atomic mass is 10.1. The fourth-order valence-corrected chi connectivity index (χ4v) is 5.78. The van der Waals surface area contributed by atoms with E-state index < -0.39 is 34.1 Å². The standard InChI is InChI=1S/C32H41N3O6S/c1-22-13-16-27(17-14-22)42(38,39)35(26-15-18-28(40-7)29(19-26)41-8)21-30(36)34(20-25-12-10-9-11-23(25)2)24(3)31(37)33-32(4,5)6/h9-19,24H,20-21H2,1-8H3,(H,33,37)/t24-/m1/s1. The average molecular weight is 596 g/mol. The summed E-state index contributed by atoms with van der Waals surface area (Å²) in [7, 11) is -1.28. The maximum atomic E-state index is 14.1. The zero-order chi connectivity index (χ0) is 31.2.